The second-order valence-electron chi connectivity index (χ2n) is 2.98. The Hall–Kier alpha value is -1.12. The highest BCUT2D eigenvalue weighted by molar-refractivity contribution is 5.34. The maximum Gasteiger partial charge on any atom is 0.123 e. The first kappa shape index (κ1) is 11.0. The number of ether oxygens (including phenoxy) is 1. The third kappa shape index (κ3) is 2.98. The van der Waals surface area contributed by atoms with Crippen molar-refractivity contribution in [1.82, 2.24) is 0 Å². The molecule has 0 unspecified atom stereocenters. The van der Waals surface area contributed by atoms with Gasteiger partial charge in [-0.2, -0.15) is 0 Å². The minimum Gasteiger partial charge on any atom is -0.494 e. The third-order valence-corrected chi connectivity index (χ3v) is 1.90. The largest absolute Gasteiger partial charge is 0.494 e. The molecule has 0 bridgehead atoms. The van der Waals surface area contributed by atoms with Gasteiger partial charge >= 0.3 is 0 Å². The van der Waals surface area contributed by atoms with E-state index in [1.54, 1.807) is 6.07 Å². The Morgan fingerprint density at radius 2 is 2.14 bits per heavy atom. The molecular formula is C11H14F2O. The third-order valence-electron chi connectivity index (χ3n) is 1.90. The molecule has 0 heterocycles. The van der Waals surface area contributed by atoms with Gasteiger partial charge in [0.15, 0.2) is 0 Å². The van der Waals surface area contributed by atoms with Gasteiger partial charge in [-0.05, 0) is 43.5 Å². The summed E-state index contributed by atoms with van der Waals surface area (Å²) in [5.41, 5.74) is 0.740. The molecule has 14 heavy (non-hydrogen) atoms. The molecule has 0 spiro atoms. The van der Waals surface area contributed by atoms with Crippen LogP contribution in [0.1, 0.15) is 18.9 Å². The maximum absolute atomic E-state index is 12.9. The highest BCUT2D eigenvalue weighted by atomic mass is 19.1. The molecule has 0 fully saturated rings. The smallest absolute Gasteiger partial charge is 0.123 e. The van der Waals surface area contributed by atoms with Gasteiger partial charge in [0, 0.05) is 0 Å². The van der Waals surface area contributed by atoms with Gasteiger partial charge in [0.1, 0.15) is 11.6 Å². The number of aryl methyl sites for hydroxylation is 1. The molecule has 0 saturated heterocycles. The first-order valence-corrected chi connectivity index (χ1v) is 4.75. The lowest BCUT2D eigenvalue weighted by Crippen LogP contribution is -1.98. The molecule has 0 aliphatic rings. The summed E-state index contributed by atoms with van der Waals surface area (Å²) in [6, 6.07) is 4.34. The summed E-state index contributed by atoms with van der Waals surface area (Å²) in [6.45, 7) is 2.01. The lowest BCUT2D eigenvalue weighted by atomic mass is 10.1. The molecule has 1 rings (SSSR count). The number of benzene rings is 1. The Labute approximate surface area is 82.7 Å². The molecule has 1 nitrogen and oxygen atoms in total. The minimum atomic E-state index is -0.387. The van der Waals surface area contributed by atoms with Crippen LogP contribution in [-0.4, -0.2) is 13.3 Å². The van der Waals surface area contributed by atoms with E-state index in [1.165, 1.54) is 12.1 Å². The van der Waals surface area contributed by atoms with Crippen molar-refractivity contribution in [3.63, 3.8) is 0 Å². The Morgan fingerprint density at radius 1 is 1.36 bits per heavy atom. The van der Waals surface area contributed by atoms with Crippen LogP contribution in [0.3, 0.4) is 0 Å². The van der Waals surface area contributed by atoms with Crippen LogP contribution in [-0.2, 0) is 6.42 Å². The monoisotopic (exact) mass is 200 g/mol. The van der Waals surface area contributed by atoms with E-state index in [1.807, 2.05) is 6.92 Å². The minimum absolute atomic E-state index is 0.303. The number of alkyl halides is 1. The number of hydrogen-bond donors (Lipinski definition) is 0. The van der Waals surface area contributed by atoms with Crippen molar-refractivity contribution < 1.29 is 13.5 Å². The van der Waals surface area contributed by atoms with Gasteiger partial charge in [0.05, 0.1) is 13.3 Å². The van der Waals surface area contributed by atoms with Crippen molar-refractivity contribution in [3.8, 4) is 5.75 Å². The molecule has 1 aromatic rings. The van der Waals surface area contributed by atoms with Crippen LogP contribution in [0.15, 0.2) is 18.2 Å². The molecule has 0 aromatic heterocycles. The highest BCUT2D eigenvalue weighted by Gasteiger charge is 2.04. The lowest BCUT2D eigenvalue weighted by molar-refractivity contribution is 0.334. The zero-order valence-corrected chi connectivity index (χ0v) is 8.22. The van der Waals surface area contributed by atoms with E-state index in [9.17, 15) is 8.78 Å². The molecule has 0 aliphatic heterocycles. The van der Waals surface area contributed by atoms with Crippen molar-refractivity contribution in [1.29, 1.82) is 0 Å². The molecule has 0 aliphatic carbocycles. The average Bonchev–Trinajstić information content (AvgIpc) is 2.18. The second kappa shape index (κ2) is 5.58. The van der Waals surface area contributed by atoms with Crippen LogP contribution in [0.2, 0.25) is 0 Å². The Bertz CT molecular complexity index is 287. The maximum atomic E-state index is 12.9. The molecule has 0 N–H and O–H groups in total. The lowest BCUT2D eigenvalue weighted by Gasteiger charge is -2.09. The van der Waals surface area contributed by atoms with Crippen LogP contribution < -0.4 is 4.74 Å². The highest BCUT2D eigenvalue weighted by Crippen LogP contribution is 2.21. The summed E-state index contributed by atoms with van der Waals surface area (Å²) in [5.74, 6) is 0.352. The Balaban J connectivity index is 2.79. The number of halogens is 2. The van der Waals surface area contributed by atoms with E-state index >= 15 is 0 Å². The second-order valence-corrected chi connectivity index (χ2v) is 2.98. The summed E-state index contributed by atoms with van der Waals surface area (Å²) >= 11 is 0. The van der Waals surface area contributed by atoms with Crippen LogP contribution in [0.5, 0.6) is 5.75 Å². The fourth-order valence-electron chi connectivity index (χ4n) is 1.30. The van der Waals surface area contributed by atoms with Crippen LogP contribution in [0.25, 0.3) is 0 Å². The zero-order chi connectivity index (χ0) is 10.4. The topological polar surface area (TPSA) is 9.23 Å². The van der Waals surface area contributed by atoms with Gasteiger partial charge in [0.2, 0.25) is 0 Å². The Morgan fingerprint density at radius 3 is 2.79 bits per heavy atom. The summed E-state index contributed by atoms with van der Waals surface area (Å²) < 4.78 is 30.1. The molecule has 0 radical (unpaired) electrons. The number of hydrogen-bond acceptors (Lipinski definition) is 1. The Kier molecular flexibility index (Phi) is 4.36. The van der Waals surface area contributed by atoms with Gasteiger partial charge in [-0.25, -0.2) is 4.39 Å². The fourth-order valence-corrected chi connectivity index (χ4v) is 1.30. The van der Waals surface area contributed by atoms with E-state index < -0.39 is 0 Å². The quantitative estimate of drug-likeness (QED) is 0.709. The predicted octanol–water partition coefficient (Wildman–Crippen LogP) is 3.13. The van der Waals surface area contributed by atoms with Crippen molar-refractivity contribution in [2.24, 2.45) is 0 Å². The van der Waals surface area contributed by atoms with E-state index in [4.69, 9.17) is 4.74 Å². The van der Waals surface area contributed by atoms with Crippen LogP contribution in [0.4, 0.5) is 8.78 Å². The van der Waals surface area contributed by atoms with Gasteiger partial charge in [-0.1, -0.05) is 0 Å². The van der Waals surface area contributed by atoms with Crippen LogP contribution in [0, 0.1) is 5.82 Å². The van der Waals surface area contributed by atoms with Gasteiger partial charge in [-0.15, -0.1) is 0 Å². The molecule has 1 aromatic carbocycles. The van der Waals surface area contributed by atoms with E-state index in [-0.39, 0.29) is 12.5 Å². The first-order valence-electron chi connectivity index (χ1n) is 4.75. The van der Waals surface area contributed by atoms with Gasteiger partial charge < -0.3 is 4.74 Å². The van der Waals surface area contributed by atoms with Crippen molar-refractivity contribution in [3.05, 3.63) is 29.6 Å². The molecular weight excluding hydrogens is 186 g/mol. The van der Waals surface area contributed by atoms with Crippen molar-refractivity contribution in [2.75, 3.05) is 13.3 Å². The average molecular weight is 200 g/mol. The van der Waals surface area contributed by atoms with Gasteiger partial charge in [-0.3, -0.25) is 4.39 Å². The van der Waals surface area contributed by atoms with Gasteiger partial charge in [0.25, 0.3) is 0 Å². The molecule has 0 atom stereocenters. The predicted molar refractivity (Wildman–Crippen MR) is 51.9 cm³/mol. The summed E-state index contributed by atoms with van der Waals surface area (Å²) in [6.07, 6.45) is 0.924. The fraction of sp³-hybridized carbons (Fsp3) is 0.455. The molecule has 3 heteroatoms. The van der Waals surface area contributed by atoms with E-state index in [0.29, 0.717) is 25.2 Å². The molecule has 0 amide bonds. The van der Waals surface area contributed by atoms with Crippen LogP contribution >= 0.6 is 0 Å². The van der Waals surface area contributed by atoms with Crippen molar-refractivity contribution >= 4 is 0 Å². The normalized spacial score (nSPS) is 10.2. The van der Waals surface area contributed by atoms with E-state index in [0.717, 1.165) is 5.56 Å². The first-order chi connectivity index (χ1) is 6.77. The standard InChI is InChI=1S/C11H14F2O/c1-2-14-11-6-5-10(13)8-9(11)4-3-7-12/h5-6,8H,2-4,7H2,1H3. The SMILES string of the molecule is CCOc1ccc(F)cc1CCCF. The summed E-state index contributed by atoms with van der Waals surface area (Å²) in [4.78, 5) is 0. The summed E-state index contributed by atoms with van der Waals surface area (Å²) in [5, 5.41) is 0. The van der Waals surface area contributed by atoms with Crippen molar-refractivity contribution in [2.45, 2.75) is 19.8 Å². The molecule has 0 saturated carbocycles. The number of rotatable bonds is 5. The molecule has 78 valence electrons. The van der Waals surface area contributed by atoms with E-state index in [2.05, 4.69) is 0 Å². The zero-order valence-electron chi connectivity index (χ0n) is 8.22. The summed E-state index contributed by atoms with van der Waals surface area (Å²) in [7, 11) is 0.